The summed E-state index contributed by atoms with van der Waals surface area (Å²) >= 11 is 0. The Kier molecular flexibility index (Phi) is 4.40. The fourth-order valence-corrected chi connectivity index (χ4v) is 4.30. The number of hydrogen-bond acceptors (Lipinski definition) is 3. The number of fused-ring (bicyclic) bond motifs is 3. The van der Waals surface area contributed by atoms with Crippen LogP contribution in [0.25, 0.3) is 27.8 Å². The highest BCUT2D eigenvalue weighted by atomic mass is 16.3. The molecule has 0 radical (unpaired) electrons. The van der Waals surface area contributed by atoms with E-state index in [9.17, 15) is 9.59 Å². The number of rotatable bonds is 3. The Labute approximate surface area is 178 Å². The van der Waals surface area contributed by atoms with Gasteiger partial charge in [0.2, 0.25) is 5.58 Å². The molecular weight excluding hydrogens is 388 g/mol. The number of furan rings is 1. The van der Waals surface area contributed by atoms with E-state index in [1.807, 2.05) is 87.5 Å². The number of nitrogens with zero attached hydrogens (tertiary/aromatic N) is 2. The molecule has 3 aromatic carbocycles. The van der Waals surface area contributed by atoms with Crippen LogP contribution < -0.4 is 11.2 Å². The summed E-state index contributed by atoms with van der Waals surface area (Å²) in [6, 6.07) is 21.2. The molecule has 0 saturated carbocycles. The molecule has 31 heavy (non-hydrogen) atoms. The molecule has 0 unspecified atom stereocenters. The van der Waals surface area contributed by atoms with Gasteiger partial charge in [-0.2, -0.15) is 0 Å². The van der Waals surface area contributed by atoms with Crippen molar-refractivity contribution in [3.63, 3.8) is 0 Å². The third kappa shape index (κ3) is 3.19. The number of aromatic nitrogens is 2. The second-order valence-corrected chi connectivity index (χ2v) is 8.12. The van der Waals surface area contributed by atoms with Gasteiger partial charge < -0.3 is 4.42 Å². The smallest absolute Gasteiger partial charge is 0.336 e. The molecule has 2 aromatic heterocycles. The fraction of sp³-hybridized carbons (Fsp3) is 0.154. The number of benzene rings is 3. The SMILES string of the molecule is Cc1cccc(Cn2c(=O)n(-c3cc(C)cc(C)c3)c(=O)c3oc4ccccc4c32)c1. The Morgan fingerprint density at radius 1 is 0.806 bits per heavy atom. The van der Waals surface area contributed by atoms with Crippen LogP contribution in [0.5, 0.6) is 0 Å². The zero-order valence-corrected chi connectivity index (χ0v) is 17.7. The Morgan fingerprint density at radius 3 is 2.29 bits per heavy atom. The molecule has 0 N–H and O–H groups in total. The van der Waals surface area contributed by atoms with E-state index in [1.165, 1.54) is 4.57 Å². The number of aryl methyl sites for hydroxylation is 3. The lowest BCUT2D eigenvalue weighted by molar-refractivity contribution is 0.638. The highest BCUT2D eigenvalue weighted by Gasteiger charge is 2.21. The Bertz CT molecular complexity index is 1560. The molecule has 154 valence electrons. The predicted octanol–water partition coefficient (Wildman–Crippen LogP) is 4.87. The summed E-state index contributed by atoms with van der Waals surface area (Å²) in [5, 5.41) is 0.756. The lowest BCUT2D eigenvalue weighted by Gasteiger charge is -2.13. The van der Waals surface area contributed by atoms with Gasteiger partial charge in [-0.1, -0.05) is 48.0 Å². The van der Waals surface area contributed by atoms with Gasteiger partial charge in [0.1, 0.15) is 11.1 Å². The molecule has 2 heterocycles. The highest BCUT2D eigenvalue weighted by Crippen LogP contribution is 2.26. The third-order valence-electron chi connectivity index (χ3n) is 5.55. The molecule has 0 fully saturated rings. The van der Waals surface area contributed by atoms with Gasteiger partial charge in [-0.25, -0.2) is 9.36 Å². The van der Waals surface area contributed by atoms with E-state index >= 15 is 0 Å². The van der Waals surface area contributed by atoms with Gasteiger partial charge in [-0.05, 0) is 61.7 Å². The van der Waals surface area contributed by atoms with Gasteiger partial charge in [-0.15, -0.1) is 0 Å². The van der Waals surface area contributed by atoms with Gasteiger partial charge >= 0.3 is 11.2 Å². The summed E-state index contributed by atoms with van der Waals surface area (Å²) in [4.78, 5) is 27.2. The maximum Gasteiger partial charge on any atom is 0.336 e. The van der Waals surface area contributed by atoms with Crippen LogP contribution in [0.15, 0.2) is 80.7 Å². The van der Waals surface area contributed by atoms with Crippen LogP contribution >= 0.6 is 0 Å². The summed E-state index contributed by atoms with van der Waals surface area (Å²) in [6.45, 7) is 6.26. The first kappa shape index (κ1) is 19.1. The second kappa shape index (κ2) is 7.13. The van der Waals surface area contributed by atoms with Crippen molar-refractivity contribution in [3.8, 4) is 5.69 Å². The molecule has 0 atom stereocenters. The summed E-state index contributed by atoms with van der Waals surface area (Å²) in [5.41, 5.74) is 5.10. The third-order valence-corrected chi connectivity index (χ3v) is 5.55. The maximum absolute atomic E-state index is 13.7. The Morgan fingerprint density at radius 2 is 1.55 bits per heavy atom. The van der Waals surface area contributed by atoms with E-state index in [0.29, 0.717) is 23.3 Å². The summed E-state index contributed by atoms with van der Waals surface area (Å²) in [7, 11) is 0. The normalized spacial score (nSPS) is 11.5. The van der Waals surface area contributed by atoms with E-state index in [0.717, 1.165) is 27.6 Å². The molecule has 0 bridgehead atoms. The summed E-state index contributed by atoms with van der Waals surface area (Å²) in [6.07, 6.45) is 0. The van der Waals surface area contributed by atoms with Crippen molar-refractivity contribution in [2.45, 2.75) is 27.3 Å². The first-order chi connectivity index (χ1) is 14.9. The van der Waals surface area contributed by atoms with Gasteiger partial charge in [0.25, 0.3) is 0 Å². The molecule has 0 aliphatic rings. The lowest BCUT2D eigenvalue weighted by Crippen LogP contribution is -2.39. The summed E-state index contributed by atoms with van der Waals surface area (Å²) in [5.74, 6) is 0. The molecule has 5 nitrogen and oxygen atoms in total. The fourth-order valence-electron chi connectivity index (χ4n) is 4.30. The zero-order chi connectivity index (χ0) is 21.7. The van der Waals surface area contributed by atoms with E-state index in [2.05, 4.69) is 0 Å². The van der Waals surface area contributed by atoms with Crippen LogP contribution in [-0.2, 0) is 6.54 Å². The van der Waals surface area contributed by atoms with Crippen LogP contribution in [0.4, 0.5) is 0 Å². The maximum atomic E-state index is 13.7. The molecule has 0 aliphatic heterocycles. The van der Waals surface area contributed by atoms with Crippen molar-refractivity contribution in [1.82, 2.24) is 9.13 Å². The van der Waals surface area contributed by atoms with Gasteiger partial charge in [0, 0.05) is 5.39 Å². The van der Waals surface area contributed by atoms with Gasteiger partial charge in [0.15, 0.2) is 0 Å². The van der Waals surface area contributed by atoms with Crippen molar-refractivity contribution in [1.29, 1.82) is 0 Å². The van der Waals surface area contributed by atoms with E-state index in [1.54, 1.807) is 4.57 Å². The van der Waals surface area contributed by atoms with Crippen molar-refractivity contribution >= 4 is 22.1 Å². The molecule has 0 amide bonds. The monoisotopic (exact) mass is 410 g/mol. The van der Waals surface area contributed by atoms with Crippen molar-refractivity contribution in [3.05, 3.63) is 110 Å². The average molecular weight is 410 g/mol. The lowest BCUT2D eigenvalue weighted by atomic mass is 10.1. The Hall–Kier alpha value is -3.86. The first-order valence-corrected chi connectivity index (χ1v) is 10.2. The van der Waals surface area contributed by atoms with Crippen LogP contribution in [0.1, 0.15) is 22.3 Å². The van der Waals surface area contributed by atoms with Crippen LogP contribution in [0, 0.1) is 20.8 Å². The topological polar surface area (TPSA) is 57.1 Å². The van der Waals surface area contributed by atoms with Crippen LogP contribution in [0.2, 0.25) is 0 Å². The van der Waals surface area contributed by atoms with Gasteiger partial charge in [0.05, 0.1) is 12.2 Å². The van der Waals surface area contributed by atoms with Crippen molar-refractivity contribution in [2.24, 2.45) is 0 Å². The van der Waals surface area contributed by atoms with Crippen LogP contribution in [0.3, 0.4) is 0 Å². The largest absolute Gasteiger partial charge is 0.449 e. The van der Waals surface area contributed by atoms with E-state index in [4.69, 9.17) is 4.42 Å². The van der Waals surface area contributed by atoms with Gasteiger partial charge in [-0.3, -0.25) is 9.36 Å². The average Bonchev–Trinajstić information content (AvgIpc) is 3.11. The molecule has 5 rings (SSSR count). The molecule has 0 spiro atoms. The quantitative estimate of drug-likeness (QED) is 0.426. The molecular formula is C26H22N2O3. The van der Waals surface area contributed by atoms with Crippen LogP contribution in [-0.4, -0.2) is 9.13 Å². The zero-order valence-electron chi connectivity index (χ0n) is 17.7. The second-order valence-electron chi connectivity index (χ2n) is 8.12. The molecule has 0 saturated heterocycles. The molecule has 5 aromatic rings. The molecule has 5 heteroatoms. The molecule has 0 aliphatic carbocycles. The van der Waals surface area contributed by atoms with E-state index in [-0.39, 0.29) is 11.3 Å². The number of hydrogen-bond donors (Lipinski definition) is 0. The Balaban J connectivity index is 1.90. The minimum Gasteiger partial charge on any atom is -0.449 e. The first-order valence-electron chi connectivity index (χ1n) is 10.2. The summed E-state index contributed by atoms with van der Waals surface area (Å²) < 4.78 is 8.84. The predicted molar refractivity (Wildman–Crippen MR) is 123 cm³/mol. The highest BCUT2D eigenvalue weighted by molar-refractivity contribution is 6.02. The minimum atomic E-state index is -0.443. The van der Waals surface area contributed by atoms with Crippen molar-refractivity contribution < 1.29 is 4.42 Å². The number of para-hydroxylation sites is 1. The minimum absolute atomic E-state index is 0.188. The standard InChI is InChI=1S/C26H22N2O3/c1-16-7-6-8-19(12-16)15-27-23-21-9-4-5-10-22(21)31-24(23)25(29)28(26(27)30)20-13-17(2)11-18(3)14-20/h4-14H,15H2,1-3H3. The van der Waals surface area contributed by atoms with E-state index < -0.39 is 5.56 Å². The van der Waals surface area contributed by atoms with Crippen molar-refractivity contribution in [2.75, 3.05) is 0 Å².